The van der Waals surface area contributed by atoms with Crippen molar-refractivity contribution in [2.24, 2.45) is 0 Å². The van der Waals surface area contributed by atoms with Crippen molar-refractivity contribution >= 4 is 35.9 Å². The van der Waals surface area contributed by atoms with E-state index in [9.17, 15) is 14.4 Å². The molecule has 0 aliphatic carbocycles. The van der Waals surface area contributed by atoms with Gasteiger partial charge in [0, 0.05) is 18.2 Å². The molecule has 2 saturated heterocycles. The number of carboxylic acids is 1. The summed E-state index contributed by atoms with van der Waals surface area (Å²) in [6.45, 7) is 0.855. The average Bonchev–Trinajstić information content (AvgIpc) is 2.58. The third-order valence-electron chi connectivity index (χ3n) is 4.83. The van der Waals surface area contributed by atoms with Gasteiger partial charge in [-0.2, -0.15) is 0 Å². The molecule has 2 atom stereocenters. The van der Waals surface area contributed by atoms with Crippen molar-refractivity contribution in [1.82, 2.24) is 10.2 Å². The lowest BCUT2D eigenvalue weighted by Crippen LogP contribution is -2.47. The zero-order valence-corrected chi connectivity index (χ0v) is 15.3. The molecule has 3 rings (SSSR count). The van der Waals surface area contributed by atoms with Crippen LogP contribution in [0.3, 0.4) is 0 Å². The predicted molar refractivity (Wildman–Crippen MR) is 99.3 cm³/mol. The van der Waals surface area contributed by atoms with Gasteiger partial charge in [0.25, 0.3) is 0 Å². The van der Waals surface area contributed by atoms with Crippen LogP contribution in [-0.4, -0.2) is 46.9 Å². The number of nitrogens with zero attached hydrogens (tertiary/aromatic N) is 1. The molecule has 26 heavy (non-hydrogen) atoms. The van der Waals surface area contributed by atoms with Crippen LogP contribution >= 0.6 is 12.4 Å². The van der Waals surface area contributed by atoms with Crippen LogP contribution in [0, 0.1) is 0 Å². The minimum Gasteiger partial charge on any atom is -0.480 e. The predicted octanol–water partition coefficient (Wildman–Crippen LogP) is 1.94. The molecule has 2 aliphatic heterocycles. The number of anilines is 1. The number of hydrogen-bond acceptors (Lipinski definition) is 5. The molecule has 0 saturated carbocycles. The first-order chi connectivity index (χ1) is 12.0. The van der Waals surface area contributed by atoms with Crippen LogP contribution in [0.15, 0.2) is 24.3 Å². The molecule has 8 heteroatoms. The van der Waals surface area contributed by atoms with Crippen LogP contribution in [0.1, 0.15) is 43.7 Å². The highest BCUT2D eigenvalue weighted by Gasteiger charge is 2.27. The van der Waals surface area contributed by atoms with E-state index in [1.807, 2.05) is 29.2 Å². The summed E-state index contributed by atoms with van der Waals surface area (Å²) in [7, 11) is 0. The largest absolute Gasteiger partial charge is 0.480 e. The van der Waals surface area contributed by atoms with E-state index < -0.39 is 12.0 Å². The summed E-state index contributed by atoms with van der Waals surface area (Å²) in [4.78, 5) is 36.1. The topological polar surface area (TPSA) is 98.7 Å². The molecule has 3 N–H and O–H groups in total. The molecule has 0 spiro atoms. The molecule has 2 fully saturated rings. The zero-order chi connectivity index (χ0) is 17.8. The average molecular weight is 382 g/mol. The smallest absolute Gasteiger partial charge is 0.317 e. The van der Waals surface area contributed by atoms with Gasteiger partial charge in [-0.1, -0.05) is 18.6 Å². The molecule has 0 aromatic heterocycles. The van der Waals surface area contributed by atoms with Crippen molar-refractivity contribution in [3.63, 3.8) is 0 Å². The quantitative estimate of drug-likeness (QED) is 0.674. The maximum absolute atomic E-state index is 11.8. The minimum atomic E-state index is -0.803. The lowest BCUT2D eigenvalue weighted by Gasteiger charge is -2.35. The van der Waals surface area contributed by atoms with Gasteiger partial charge in [-0.25, -0.2) is 0 Å². The Bertz CT molecular complexity index is 665. The fraction of sp³-hybridized carbons (Fsp3) is 0.500. The number of carboxylic acid groups (broad SMARTS) is 1. The monoisotopic (exact) mass is 381 g/mol. The van der Waals surface area contributed by atoms with Crippen LogP contribution < -0.4 is 10.6 Å². The lowest BCUT2D eigenvalue weighted by atomic mass is 9.95. The van der Waals surface area contributed by atoms with E-state index in [-0.39, 0.29) is 36.8 Å². The second kappa shape index (κ2) is 9.00. The first-order valence-electron chi connectivity index (χ1n) is 8.69. The Hall–Kier alpha value is -2.12. The van der Waals surface area contributed by atoms with Crippen molar-refractivity contribution in [2.45, 2.75) is 44.2 Å². The molecule has 2 heterocycles. The first-order valence-corrected chi connectivity index (χ1v) is 8.69. The summed E-state index contributed by atoms with van der Waals surface area (Å²) < 4.78 is 0. The van der Waals surface area contributed by atoms with E-state index in [0.717, 1.165) is 37.1 Å². The van der Waals surface area contributed by atoms with E-state index in [4.69, 9.17) is 5.11 Å². The summed E-state index contributed by atoms with van der Waals surface area (Å²) in [5.74, 6) is -1.32. The number of carbonyl (C=O) groups excluding carboxylic acids is 2. The standard InChI is InChI=1S/C18H23N3O4.ClH/c22-16-9-8-14(18(25)20-16)19-13-6-4-12(5-7-13)15-3-1-2-10-21(15)11-17(23)24;/h4-7,14-15,19H,1-3,8-11H2,(H,23,24)(H,20,22,25);1H. The Morgan fingerprint density at radius 1 is 1.19 bits per heavy atom. The fourth-order valence-corrected chi connectivity index (χ4v) is 3.57. The second-order valence-electron chi connectivity index (χ2n) is 6.65. The summed E-state index contributed by atoms with van der Waals surface area (Å²) in [5, 5.41) is 14.6. The Balaban J connectivity index is 0.00000243. The highest BCUT2D eigenvalue weighted by molar-refractivity contribution is 6.01. The molecule has 0 bridgehead atoms. The third kappa shape index (κ3) is 4.95. The molecule has 1 aromatic carbocycles. The number of carbonyl (C=O) groups is 3. The first kappa shape index (κ1) is 20.2. The van der Waals surface area contributed by atoms with Crippen LogP contribution in [0.5, 0.6) is 0 Å². The van der Waals surface area contributed by atoms with E-state index in [0.29, 0.717) is 12.8 Å². The van der Waals surface area contributed by atoms with Gasteiger partial charge in [-0.15, -0.1) is 12.4 Å². The minimum absolute atomic E-state index is 0. The van der Waals surface area contributed by atoms with Gasteiger partial charge in [0.15, 0.2) is 0 Å². The van der Waals surface area contributed by atoms with E-state index in [2.05, 4.69) is 10.6 Å². The summed E-state index contributed by atoms with van der Waals surface area (Å²) in [6.07, 6.45) is 3.90. The van der Waals surface area contributed by atoms with Gasteiger partial charge >= 0.3 is 5.97 Å². The van der Waals surface area contributed by atoms with Crippen molar-refractivity contribution < 1.29 is 19.5 Å². The molecule has 2 unspecified atom stereocenters. The Morgan fingerprint density at radius 2 is 1.92 bits per heavy atom. The van der Waals surface area contributed by atoms with Crippen LogP contribution in [-0.2, 0) is 14.4 Å². The van der Waals surface area contributed by atoms with Crippen molar-refractivity contribution in [1.29, 1.82) is 0 Å². The molecule has 2 amide bonds. The maximum Gasteiger partial charge on any atom is 0.317 e. The van der Waals surface area contributed by atoms with Crippen LogP contribution in [0.2, 0.25) is 0 Å². The van der Waals surface area contributed by atoms with Crippen LogP contribution in [0.4, 0.5) is 5.69 Å². The van der Waals surface area contributed by atoms with E-state index >= 15 is 0 Å². The Morgan fingerprint density at radius 3 is 2.58 bits per heavy atom. The number of hydrogen-bond donors (Lipinski definition) is 3. The molecular weight excluding hydrogens is 358 g/mol. The fourth-order valence-electron chi connectivity index (χ4n) is 3.57. The van der Waals surface area contributed by atoms with Gasteiger partial charge in [-0.3, -0.25) is 24.6 Å². The van der Waals surface area contributed by atoms with Gasteiger partial charge in [0.05, 0.1) is 6.54 Å². The number of halogens is 1. The van der Waals surface area contributed by atoms with Crippen molar-refractivity contribution in [3.05, 3.63) is 29.8 Å². The van der Waals surface area contributed by atoms with Gasteiger partial charge in [0.2, 0.25) is 11.8 Å². The number of nitrogens with one attached hydrogen (secondary N) is 2. The number of aliphatic carboxylic acids is 1. The number of rotatable bonds is 5. The molecule has 0 radical (unpaired) electrons. The Kier molecular flexibility index (Phi) is 6.99. The molecule has 142 valence electrons. The highest BCUT2D eigenvalue weighted by Crippen LogP contribution is 2.31. The number of imide groups is 1. The van der Waals surface area contributed by atoms with Gasteiger partial charge in [-0.05, 0) is 43.5 Å². The van der Waals surface area contributed by atoms with Crippen molar-refractivity contribution in [2.75, 3.05) is 18.4 Å². The second-order valence-corrected chi connectivity index (χ2v) is 6.65. The Labute approximate surface area is 158 Å². The summed E-state index contributed by atoms with van der Waals surface area (Å²) in [5.41, 5.74) is 1.91. The lowest BCUT2D eigenvalue weighted by molar-refractivity contribution is -0.139. The van der Waals surface area contributed by atoms with E-state index in [1.54, 1.807) is 0 Å². The number of likely N-dealkylation sites (tertiary alicyclic amines) is 1. The molecule has 1 aromatic rings. The SMILES string of the molecule is Cl.O=C(O)CN1CCCCC1c1ccc(NC2CCC(=O)NC2=O)cc1. The summed E-state index contributed by atoms with van der Waals surface area (Å²) in [6, 6.07) is 7.51. The number of piperidine rings is 2. The number of amides is 2. The normalized spacial score (nSPS) is 23.7. The van der Waals surface area contributed by atoms with Crippen LogP contribution in [0.25, 0.3) is 0 Å². The highest BCUT2D eigenvalue weighted by atomic mass is 35.5. The molecular formula is C18H24ClN3O4. The maximum atomic E-state index is 11.8. The van der Waals surface area contributed by atoms with E-state index in [1.165, 1.54) is 0 Å². The van der Waals surface area contributed by atoms with Crippen molar-refractivity contribution in [3.8, 4) is 0 Å². The van der Waals surface area contributed by atoms with Gasteiger partial charge < -0.3 is 10.4 Å². The van der Waals surface area contributed by atoms with Gasteiger partial charge in [0.1, 0.15) is 6.04 Å². The number of benzene rings is 1. The summed E-state index contributed by atoms with van der Waals surface area (Å²) >= 11 is 0. The molecule has 7 nitrogen and oxygen atoms in total. The third-order valence-corrected chi connectivity index (χ3v) is 4.83. The molecule has 2 aliphatic rings. The zero-order valence-electron chi connectivity index (χ0n) is 14.4.